The van der Waals surface area contributed by atoms with Gasteiger partial charge in [0.1, 0.15) is 0 Å². The highest BCUT2D eigenvalue weighted by molar-refractivity contribution is 5.82. The van der Waals surface area contributed by atoms with E-state index < -0.39 is 6.10 Å². The molecule has 0 bridgehead atoms. The number of amides is 1. The van der Waals surface area contributed by atoms with Gasteiger partial charge in [0.25, 0.3) is 5.91 Å². The second-order valence-electron chi connectivity index (χ2n) is 7.07. The number of benzene rings is 1. The zero-order valence-electron chi connectivity index (χ0n) is 14.6. The topological polar surface area (TPSA) is 47.0 Å². The van der Waals surface area contributed by atoms with Crippen LogP contribution >= 0.6 is 0 Å². The molecule has 2 heterocycles. The van der Waals surface area contributed by atoms with Gasteiger partial charge in [0, 0.05) is 38.8 Å². The van der Waals surface area contributed by atoms with Crippen LogP contribution in [0.5, 0.6) is 0 Å². The van der Waals surface area contributed by atoms with Crippen molar-refractivity contribution >= 4 is 5.91 Å². The fourth-order valence-corrected chi connectivity index (χ4v) is 3.77. The van der Waals surface area contributed by atoms with Crippen LogP contribution in [0.15, 0.2) is 30.3 Å². The minimum absolute atomic E-state index is 0.171. The minimum atomic E-state index is -1.04. The molecule has 5 nitrogen and oxygen atoms in total. The predicted molar refractivity (Wildman–Crippen MR) is 94.7 cm³/mol. The van der Waals surface area contributed by atoms with Crippen molar-refractivity contribution in [2.75, 3.05) is 46.3 Å². The van der Waals surface area contributed by atoms with Gasteiger partial charge in [-0.3, -0.25) is 9.69 Å². The molecule has 2 fully saturated rings. The normalized spacial score (nSPS) is 24.8. The summed E-state index contributed by atoms with van der Waals surface area (Å²) in [5, 5.41) is 10.3. The summed E-state index contributed by atoms with van der Waals surface area (Å²) in [6, 6.07) is 9.85. The van der Waals surface area contributed by atoms with E-state index in [-0.39, 0.29) is 5.91 Å². The maximum absolute atomic E-state index is 12.5. The molecular formula is C19H29N3O2. The Kier molecular flexibility index (Phi) is 5.87. The van der Waals surface area contributed by atoms with Crippen LogP contribution in [0.25, 0.3) is 0 Å². The van der Waals surface area contributed by atoms with Crippen molar-refractivity contribution in [3.63, 3.8) is 0 Å². The number of likely N-dealkylation sites (N-methyl/N-ethyl adjacent to an activating group) is 1. The van der Waals surface area contributed by atoms with Crippen molar-refractivity contribution in [3.8, 4) is 0 Å². The number of carbonyl (C=O) groups is 1. The molecule has 24 heavy (non-hydrogen) atoms. The molecule has 2 unspecified atom stereocenters. The number of piperidine rings is 1. The summed E-state index contributed by atoms with van der Waals surface area (Å²) in [7, 11) is 2.22. The molecule has 1 N–H and O–H groups in total. The Hall–Kier alpha value is -1.43. The van der Waals surface area contributed by atoms with Gasteiger partial charge in [0.15, 0.2) is 6.10 Å². The van der Waals surface area contributed by atoms with E-state index in [1.807, 2.05) is 18.2 Å². The second kappa shape index (κ2) is 8.10. The maximum atomic E-state index is 12.5. The van der Waals surface area contributed by atoms with Gasteiger partial charge in [-0.25, -0.2) is 0 Å². The molecule has 0 spiro atoms. The summed E-state index contributed by atoms with van der Waals surface area (Å²) in [5.74, 6) is -0.171. The van der Waals surface area contributed by atoms with Crippen LogP contribution < -0.4 is 0 Å². The van der Waals surface area contributed by atoms with E-state index in [1.165, 1.54) is 25.8 Å². The molecule has 2 saturated heterocycles. The molecule has 1 aromatic rings. The van der Waals surface area contributed by atoms with Crippen LogP contribution in [0, 0.1) is 0 Å². The van der Waals surface area contributed by atoms with Crippen LogP contribution in [-0.2, 0) is 4.79 Å². The van der Waals surface area contributed by atoms with Gasteiger partial charge in [-0.1, -0.05) is 36.8 Å². The molecule has 0 radical (unpaired) electrons. The molecular weight excluding hydrogens is 302 g/mol. The van der Waals surface area contributed by atoms with Crippen molar-refractivity contribution < 1.29 is 9.90 Å². The lowest BCUT2D eigenvalue weighted by atomic mass is 10.0. The predicted octanol–water partition coefficient (Wildman–Crippen LogP) is 1.35. The van der Waals surface area contributed by atoms with Crippen molar-refractivity contribution in [2.24, 2.45) is 0 Å². The van der Waals surface area contributed by atoms with Crippen LogP contribution in [0.2, 0.25) is 0 Å². The number of rotatable bonds is 4. The van der Waals surface area contributed by atoms with Gasteiger partial charge in [-0.15, -0.1) is 0 Å². The highest BCUT2D eigenvalue weighted by Crippen LogP contribution is 2.19. The SMILES string of the molecule is CN1CCCCC1CN1CCN(C(=O)C(O)c2ccccc2)CC1. The molecule has 0 aliphatic carbocycles. The first-order chi connectivity index (χ1) is 11.6. The number of aliphatic hydroxyl groups excluding tert-OH is 1. The molecule has 0 saturated carbocycles. The molecule has 1 amide bonds. The zero-order chi connectivity index (χ0) is 16.9. The molecule has 2 aliphatic rings. The van der Waals surface area contributed by atoms with Crippen LogP contribution in [-0.4, -0.2) is 78.1 Å². The van der Waals surface area contributed by atoms with E-state index in [0.29, 0.717) is 24.7 Å². The first-order valence-corrected chi connectivity index (χ1v) is 9.09. The molecule has 2 aliphatic heterocycles. The molecule has 2 atom stereocenters. The average molecular weight is 331 g/mol. The van der Waals surface area contributed by atoms with E-state index in [2.05, 4.69) is 16.8 Å². The molecule has 1 aromatic carbocycles. The van der Waals surface area contributed by atoms with Crippen molar-refractivity contribution in [1.29, 1.82) is 0 Å². The third kappa shape index (κ3) is 4.15. The fourth-order valence-electron chi connectivity index (χ4n) is 3.77. The maximum Gasteiger partial charge on any atom is 0.256 e. The van der Waals surface area contributed by atoms with E-state index in [1.54, 1.807) is 17.0 Å². The number of nitrogens with zero attached hydrogens (tertiary/aromatic N) is 3. The molecule has 132 valence electrons. The van der Waals surface area contributed by atoms with Gasteiger partial charge < -0.3 is 14.9 Å². The summed E-state index contributed by atoms with van der Waals surface area (Å²) in [6.07, 6.45) is 2.88. The highest BCUT2D eigenvalue weighted by Gasteiger charge is 2.29. The molecule has 0 aromatic heterocycles. The number of hydrogen-bond donors (Lipinski definition) is 1. The van der Waals surface area contributed by atoms with Crippen molar-refractivity contribution in [3.05, 3.63) is 35.9 Å². The average Bonchev–Trinajstić information content (AvgIpc) is 2.64. The van der Waals surface area contributed by atoms with E-state index in [9.17, 15) is 9.90 Å². The summed E-state index contributed by atoms with van der Waals surface area (Å²) < 4.78 is 0. The number of hydrogen-bond acceptors (Lipinski definition) is 4. The number of piperazine rings is 1. The Morgan fingerprint density at radius 2 is 1.83 bits per heavy atom. The second-order valence-corrected chi connectivity index (χ2v) is 7.07. The first kappa shape index (κ1) is 17.4. The summed E-state index contributed by atoms with van der Waals surface area (Å²) >= 11 is 0. The number of likely N-dealkylation sites (tertiary alicyclic amines) is 1. The molecule has 5 heteroatoms. The van der Waals surface area contributed by atoms with E-state index in [4.69, 9.17) is 0 Å². The van der Waals surface area contributed by atoms with Crippen LogP contribution in [0.3, 0.4) is 0 Å². The third-order valence-electron chi connectivity index (χ3n) is 5.42. The highest BCUT2D eigenvalue weighted by atomic mass is 16.3. The zero-order valence-corrected chi connectivity index (χ0v) is 14.6. The Labute approximate surface area is 144 Å². The lowest BCUT2D eigenvalue weighted by molar-refractivity contribution is -0.142. The summed E-state index contributed by atoms with van der Waals surface area (Å²) in [5.41, 5.74) is 0.675. The van der Waals surface area contributed by atoms with Gasteiger partial charge in [-0.2, -0.15) is 0 Å². The van der Waals surface area contributed by atoms with E-state index in [0.717, 1.165) is 19.6 Å². The van der Waals surface area contributed by atoms with Crippen molar-refractivity contribution in [2.45, 2.75) is 31.4 Å². The lowest BCUT2D eigenvalue weighted by Gasteiger charge is -2.40. The Bertz CT molecular complexity index is 529. The third-order valence-corrected chi connectivity index (χ3v) is 5.42. The van der Waals surface area contributed by atoms with Gasteiger partial charge in [0.2, 0.25) is 0 Å². The van der Waals surface area contributed by atoms with Crippen LogP contribution in [0.1, 0.15) is 30.9 Å². The van der Waals surface area contributed by atoms with Gasteiger partial charge >= 0.3 is 0 Å². The van der Waals surface area contributed by atoms with Crippen molar-refractivity contribution in [1.82, 2.24) is 14.7 Å². The quantitative estimate of drug-likeness (QED) is 0.905. The standard InChI is InChI=1S/C19H29N3O2/c1-20-10-6-5-9-17(20)15-21-11-13-22(14-12-21)19(24)18(23)16-7-3-2-4-8-16/h2-4,7-8,17-18,23H,5-6,9-15H2,1H3. The van der Waals surface area contributed by atoms with Gasteiger partial charge in [0.05, 0.1) is 0 Å². The number of carbonyl (C=O) groups excluding carboxylic acids is 1. The number of aliphatic hydroxyl groups is 1. The lowest BCUT2D eigenvalue weighted by Crippen LogP contribution is -2.53. The largest absolute Gasteiger partial charge is 0.378 e. The minimum Gasteiger partial charge on any atom is -0.378 e. The van der Waals surface area contributed by atoms with Crippen LogP contribution in [0.4, 0.5) is 0 Å². The fraction of sp³-hybridized carbons (Fsp3) is 0.632. The summed E-state index contributed by atoms with van der Waals surface area (Å²) in [4.78, 5) is 19.2. The molecule has 3 rings (SSSR count). The Balaban J connectivity index is 1.48. The monoisotopic (exact) mass is 331 g/mol. The smallest absolute Gasteiger partial charge is 0.256 e. The Morgan fingerprint density at radius 1 is 1.12 bits per heavy atom. The summed E-state index contributed by atoms with van der Waals surface area (Å²) in [6.45, 7) is 5.51. The van der Waals surface area contributed by atoms with E-state index >= 15 is 0 Å². The Morgan fingerprint density at radius 3 is 2.50 bits per heavy atom. The first-order valence-electron chi connectivity index (χ1n) is 9.09. The van der Waals surface area contributed by atoms with Gasteiger partial charge in [-0.05, 0) is 32.0 Å².